The molecular formula is C18H17FN2O2. The van der Waals surface area contributed by atoms with Gasteiger partial charge in [0.1, 0.15) is 11.6 Å². The van der Waals surface area contributed by atoms with E-state index in [0.717, 1.165) is 22.4 Å². The van der Waals surface area contributed by atoms with Gasteiger partial charge in [-0.2, -0.15) is 0 Å². The van der Waals surface area contributed by atoms with Crippen LogP contribution in [0.4, 0.5) is 4.39 Å². The summed E-state index contributed by atoms with van der Waals surface area (Å²) in [5.74, 6) is -0.238. The molecule has 2 aromatic carbocycles. The van der Waals surface area contributed by atoms with Crippen LogP contribution < -0.4 is 0 Å². The van der Waals surface area contributed by atoms with Crippen LogP contribution in [0.3, 0.4) is 0 Å². The minimum atomic E-state index is -0.998. The Kier molecular flexibility index (Phi) is 3.64. The minimum absolute atomic E-state index is 0.190. The van der Waals surface area contributed by atoms with E-state index in [-0.39, 0.29) is 17.3 Å². The van der Waals surface area contributed by atoms with E-state index in [0.29, 0.717) is 5.56 Å². The van der Waals surface area contributed by atoms with Crippen molar-refractivity contribution in [2.24, 2.45) is 7.05 Å². The fraction of sp³-hybridized carbons (Fsp3) is 0.222. The number of aromatic nitrogens is 2. The Hall–Kier alpha value is -2.69. The van der Waals surface area contributed by atoms with E-state index >= 15 is 0 Å². The summed E-state index contributed by atoms with van der Waals surface area (Å²) in [6.07, 6.45) is 0. The number of nitrogens with zero attached hydrogens (tertiary/aromatic N) is 2. The van der Waals surface area contributed by atoms with Crippen LogP contribution in [-0.2, 0) is 7.05 Å². The van der Waals surface area contributed by atoms with Gasteiger partial charge in [-0.1, -0.05) is 26.0 Å². The molecule has 0 bridgehead atoms. The lowest BCUT2D eigenvalue weighted by Crippen LogP contribution is -2.00. The molecule has 0 unspecified atom stereocenters. The SMILES string of the molecule is CC(C)c1nc2c(-c3ccc(F)cc3)cc(C(=O)O)cc2n1C. The van der Waals surface area contributed by atoms with Crippen molar-refractivity contribution in [2.75, 3.05) is 0 Å². The number of hydrogen-bond donors (Lipinski definition) is 1. The lowest BCUT2D eigenvalue weighted by Gasteiger charge is -2.07. The molecule has 5 heteroatoms. The first-order chi connectivity index (χ1) is 10.9. The molecule has 0 aliphatic heterocycles. The molecule has 0 aliphatic carbocycles. The molecule has 0 fully saturated rings. The van der Waals surface area contributed by atoms with Crippen molar-refractivity contribution in [2.45, 2.75) is 19.8 Å². The normalized spacial score (nSPS) is 11.3. The first kappa shape index (κ1) is 15.2. The molecule has 0 atom stereocenters. The highest BCUT2D eigenvalue weighted by molar-refractivity contribution is 6.00. The fourth-order valence-electron chi connectivity index (χ4n) is 2.79. The number of carbonyl (C=O) groups is 1. The summed E-state index contributed by atoms with van der Waals surface area (Å²) >= 11 is 0. The van der Waals surface area contributed by atoms with Gasteiger partial charge < -0.3 is 9.67 Å². The second-order valence-electron chi connectivity index (χ2n) is 5.89. The van der Waals surface area contributed by atoms with Gasteiger partial charge in [-0.3, -0.25) is 0 Å². The van der Waals surface area contributed by atoms with Crippen molar-refractivity contribution in [3.8, 4) is 11.1 Å². The predicted molar refractivity (Wildman–Crippen MR) is 87.2 cm³/mol. The average molecular weight is 312 g/mol. The van der Waals surface area contributed by atoms with Crippen molar-refractivity contribution >= 4 is 17.0 Å². The summed E-state index contributed by atoms with van der Waals surface area (Å²) in [5, 5.41) is 9.38. The van der Waals surface area contributed by atoms with E-state index in [1.54, 1.807) is 24.3 Å². The quantitative estimate of drug-likeness (QED) is 0.788. The van der Waals surface area contributed by atoms with Gasteiger partial charge in [-0.05, 0) is 29.8 Å². The third-order valence-corrected chi connectivity index (χ3v) is 3.94. The zero-order valence-corrected chi connectivity index (χ0v) is 13.2. The van der Waals surface area contributed by atoms with Gasteiger partial charge >= 0.3 is 5.97 Å². The third-order valence-electron chi connectivity index (χ3n) is 3.94. The Bertz CT molecular complexity index is 896. The summed E-state index contributed by atoms with van der Waals surface area (Å²) in [6, 6.07) is 9.22. The average Bonchev–Trinajstić information content (AvgIpc) is 2.85. The highest BCUT2D eigenvalue weighted by Crippen LogP contribution is 2.32. The Morgan fingerprint density at radius 3 is 2.43 bits per heavy atom. The molecule has 1 N–H and O–H groups in total. The van der Waals surface area contributed by atoms with Crippen LogP contribution in [0.2, 0.25) is 0 Å². The standard InChI is InChI=1S/C18H17FN2O2/c1-10(2)17-20-16-14(11-4-6-13(19)7-5-11)8-12(18(22)23)9-15(16)21(17)3/h4-10H,1-3H3,(H,22,23). The number of carboxylic acids is 1. The Morgan fingerprint density at radius 2 is 1.87 bits per heavy atom. The van der Waals surface area contributed by atoms with Gasteiger partial charge in [0.2, 0.25) is 0 Å². The second kappa shape index (κ2) is 5.50. The summed E-state index contributed by atoms with van der Waals surface area (Å²) < 4.78 is 15.1. The van der Waals surface area contributed by atoms with Gasteiger partial charge in [0.15, 0.2) is 0 Å². The first-order valence-corrected chi connectivity index (χ1v) is 7.38. The highest BCUT2D eigenvalue weighted by atomic mass is 19.1. The lowest BCUT2D eigenvalue weighted by molar-refractivity contribution is 0.0697. The number of halogens is 1. The van der Waals surface area contributed by atoms with E-state index in [9.17, 15) is 14.3 Å². The van der Waals surface area contributed by atoms with Crippen LogP contribution in [0.5, 0.6) is 0 Å². The molecule has 0 aliphatic rings. The Balaban J connectivity index is 2.36. The predicted octanol–water partition coefficient (Wildman–Crippen LogP) is 4.20. The van der Waals surface area contributed by atoms with E-state index in [4.69, 9.17) is 0 Å². The highest BCUT2D eigenvalue weighted by Gasteiger charge is 2.18. The van der Waals surface area contributed by atoms with Crippen molar-refractivity contribution in [1.82, 2.24) is 9.55 Å². The van der Waals surface area contributed by atoms with Crippen molar-refractivity contribution in [1.29, 1.82) is 0 Å². The first-order valence-electron chi connectivity index (χ1n) is 7.38. The molecule has 3 rings (SSSR count). The number of fused-ring (bicyclic) bond motifs is 1. The molecule has 118 valence electrons. The van der Waals surface area contributed by atoms with Gasteiger partial charge in [0, 0.05) is 18.5 Å². The molecule has 1 heterocycles. The van der Waals surface area contributed by atoms with E-state index < -0.39 is 5.97 Å². The van der Waals surface area contributed by atoms with Crippen molar-refractivity contribution in [3.63, 3.8) is 0 Å². The van der Waals surface area contributed by atoms with Crippen LogP contribution in [0.25, 0.3) is 22.2 Å². The Morgan fingerprint density at radius 1 is 1.22 bits per heavy atom. The summed E-state index contributed by atoms with van der Waals surface area (Å²) in [5.41, 5.74) is 3.12. The number of hydrogen-bond acceptors (Lipinski definition) is 2. The lowest BCUT2D eigenvalue weighted by atomic mass is 10.0. The summed E-state index contributed by atoms with van der Waals surface area (Å²) in [6.45, 7) is 4.08. The summed E-state index contributed by atoms with van der Waals surface area (Å²) in [7, 11) is 1.88. The van der Waals surface area contributed by atoms with E-state index in [1.165, 1.54) is 12.1 Å². The maximum absolute atomic E-state index is 13.2. The molecule has 0 amide bonds. The molecule has 1 aromatic heterocycles. The third kappa shape index (κ3) is 2.59. The number of benzene rings is 2. The van der Waals surface area contributed by atoms with Crippen LogP contribution in [0, 0.1) is 5.82 Å². The largest absolute Gasteiger partial charge is 0.478 e. The van der Waals surface area contributed by atoms with Crippen LogP contribution in [-0.4, -0.2) is 20.6 Å². The molecular weight excluding hydrogens is 295 g/mol. The van der Waals surface area contributed by atoms with Gasteiger partial charge in [0.05, 0.1) is 16.6 Å². The molecule has 4 nitrogen and oxygen atoms in total. The van der Waals surface area contributed by atoms with Crippen molar-refractivity contribution in [3.05, 3.63) is 53.6 Å². The van der Waals surface area contributed by atoms with Gasteiger partial charge in [0.25, 0.3) is 0 Å². The molecule has 0 saturated heterocycles. The van der Waals surface area contributed by atoms with E-state index in [1.807, 2.05) is 25.5 Å². The number of rotatable bonds is 3. The van der Waals surface area contributed by atoms with Crippen molar-refractivity contribution < 1.29 is 14.3 Å². The minimum Gasteiger partial charge on any atom is -0.478 e. The smallest absolute Gasteiger partial charge is 0.335 e. The molecule has 3 aromatic rings. The second-order valence-corrected chi connectivity index (χ2v) is 5.89. The zero-order chi connectivity index (χ0) is 16.7. The van der Waals surface area contributed by atoms with Crippen LogP contribution >= 0.6 is 0 Å². The summed E-state index contributed by atoms with van der Waals surface area (Å²) in [4.78, 5) is 16.1. The van der Waals surface area contributed by atoms with Gasteiger partial charge in [-0.15, -0.1) is 0 Å². The molecule has 0 saturated carbocycles. The zero-order valence-electron chi connectivity index (χ0n) is 13.2. The number of imidazole rings is 1. The topological polar surface area (TPSA) is 55.1 Å². The maximum atomic E-state index is 13.2. The number of aromatic carboxylic acids is 1. The van der Waals surface area contributed by atoms with Crippen LogP contribution in [0.1, 0.15) is 35.9 Å². The van der Waals surface area contributed by atoms with Gasteiger partial charge in [-0.25, -0.2) is 14.2 Å². The maximum Gasteiger partial charge on any atom is 0.335 e. The number of carboxylic acid groups (broad SMARTS) is 1. The molecule has 0 radical (unpaired) electrons. The molecule has 0 spiro atoms. The fourth-order valence-corrected chi connectivity index (χ4v) is 2.79. The van der Waals surface area contributed by atoms with E-state index in [2.05, 4.69) is 4.98 Å². The Labute approximate surface area is 133 Å². The molecule has 23 heavy (non-hydrogen) atoms. The van der Waals surface area contributed by atoms with Crippen LogP contribution in [0.15, 0.2) is 36.4 Å². The number of aryl methyl sites for hydroxylation is 1. The monoisotopic (exact) mass is 312 g/mol.